The lowest BCUT2D eigenvalue weighted by Crippen LogP contribution is -2.37. The first-order chi connectivity index (χ1) is 6.56. The Morgan fingerprint density at radius 2 is 2.36 bits per heavy atom. The maximum absolute atomic E-state index is 11.6. The highest BCUT2D eigenvalue weighted by molar-refractivity contribution is 7.89. The molecule has 1 atom stereocenters. The van der Waals surface area contributed by atoms with Gasteiger partial charge in [0.1, 0.15) is 4.90 Å². The maximum Gasteiger partial charge on any atom is 0.242 e. The molecule has 1 rings (SSSR count). The number of nitrogens with one attached hydrogen (secondary N) is 1. The molecular formula is C8H13N3O2S. The highest BCUT2D eigenvalue weighted by atomic mass is 32.2. The van der Waals surface area contributed by atoms with Gasteiger partial charge in [-0.3, -0.25) is 4.98 Å². The minimum absolute atomic E-state index is 0.153. The van der Waals surface area contributed by atoms with Gasteiger partial charge >= 0.3 is 0 Å². The van der Waals surface area contributed by atoms with Crippen LogP contribution >= 0.6 is 0 Å². The number of hydrogen-bond donors (Lipinski definition) is 2. The van der Waals surface area contributed by atoms with Crippen LogP contribution in [0.5, 0.6) is 0 Å². The summed E-state index contributed by atoms with van der Waals surface area (Å²) >= 11 is 0. The van der Waals surface area contributed by atoms with Crippen molar-refractivity contribution in [1.29, 1.82) is 0 Å². The van der Waals surface area contributed by atoms with E-state index in [0.717, 1.165) is 0 Å². The van der Waals surface area contributed by atoms with Crippen molar-refractivity contribution >= 4 is 10.0 Å². The second-order valence-corrected chi connectivity index (χ2v) is 4.66. The monoisotopic (exact) mass is 215 g/mol. The van der Waals surface area contributed by atoms with Gasteiger partial charge in [0.05, 0.1) is 0 Å². The molecule has 78 valence electrons. The lowest BCUT2D eigenvalue weighted by molar-refractivity contribution is 0.562. The maximum atomic E-state index is 11.6. The van der Waals surface area contributed by atoms with Gasteiger partial charge in [-0.1, -0.05) is 0 Å². The Morgan fingerprint density at radius 1 is 1.64 bits per heavy atom. The number of aromatic nitrogens is 1. The molecule has 0 spiro atoms. The molecule has 0 fully saturated rings. The van der Waals surface area contributed by atoms with Gasteiger partial charge in [0, 0.05) is 25.0 Å². The molecule has 0 amide bonds. The lowest BCUT2D eigenvalue weighted by Gasteiger charge is -2.11. The van der Waals surface area contributed by atoms with E-state index in [0.29, 0.717) is 0 Å². The summed E-state index contributed by atoms with van der Waals surface area (Å²) in [4.78, 5) is 3.89. The Hall–Kier alpha value is -0.980. The molecule has 1 aromatic rings. The predicted molar refractivity (Wildman–Crippen MR) is 53.1 cm³/mol. The van der Waals surface area contributed by atoms with E-state index in [-0.39, 0.29) is 17.5 Å². The highest BCUT2D eigenvalue weighted by Crippen LogP contribution is 2.05. The van der Waals surface area contributed by atoms with Crippen LogP contribution in [-0.4, -0.2) is 26.0 Å². The number of hydrogen-bond acceptors (Lipinski definition) is 4. The smallest absolute Gasteiger partial charge is 0.242 e. The summed E-state index contributed by atoms with van der Waals surface area (Å²) in [5.41, 5.74) is 5.31. The normalized spacial score (nSPS) is 13.9. The van der Waals surface area contributed by atoms with E-state index < -0.39 is 10.0 Å². The zero-order valence-electron chi connectivity index (χ0n) is 7.84. The average molecular weight is 215 g/mol. The van der Waals surface area contributed by atoms with Crippen LogP contribution in [0.1, 0.15) is 6.92 Å². The van der Waals surface area contributed by atoms with Crippen LogP contribution in [0.3, 0.4) is 0 Å². The molecule has 14 heavy (non-hydrogen) atoms. The third-order valence-electron chi connectivity index (χ3n) is 1.65. The van der Waals surface area contributed by atoms with Crippen molar-refractivity contribution in [3.05, 3.63) is 24.5 Å². The van der Waals surface area contributed by atoms with Gasteiger partial charge < -0.3 is 5.73 Å². The molecule has 5 nitrogen and oxygen atoms in total. The Bertz CT molecular complexity index is 377. The van der Waals surface area contributed by atoms with E-state index in [2.05, 4.69) is 9.71 Å². The second kappa shape index (κ2) is 4.50. The van der Waals surface area contributed by atoms with Crippen molar-refractivity contribution in [2.24, 2.45) is 5.73 Å². The van der Waals surface area contributed by atoms with Gasteiger partial charge in [-0.25, -0.2) is 13.1 Å². The van der Waals surface area contributed by atoms with Crippen LogP contribution < -0.4 is 10.5 Å². The summed E-state index contributed by atoms with van der Waals surface area (Å²) in [7, 11) is -3.46. The van der Waals surface area contributed by atoms with Crippen molar-refractivity contribution < 1.29 is 8.42 Å². The van der Waals surface area contributed by atoms with Crippen LogP contribution in [0, 0.1) is 0 Å². The molecule has 0 bridgehead atoms. The van der Waals surface area contributed by atoms with Crippen LogP contribution in [-0.2, 0) is 10.0 Å². The molecule has 0 saturated carbocycles. The van der Waals surface area contributed by atoms with Crippen LogP contribution in [0.4, 0.5) is 0 Å². The number of nitrogens with two attached hydrogens (primary N) is 1. The number of rotatable bonds is 4. The SMILES string of the molecule is C[C@H](CN)NS(=O)(=O)c1cccnc1. The van der Waals surface area contributed by atoms with Gasteiger partial charge in [-0.05, 0) is 19.1 Å². The number of pyridine rings is 1. The van der Waals surface area contributed by atoms with E-state index in [1.54, 1.807) is 13.0 Å². The molecular weight excluding hydrogens is 202 g/mol. The molecule has 1 heterocycles. The second-order valence-electron chi connectivity index (χ2n) is 2.95. The number of sulfonamides is 1. The van der Waals surface area contributed by atoms with Gasteiger partial charge in [-0.15, -0.1) is 0 Å². The number of nitrogens with zero attached hydrogens (tertiary/aromatic N) is 1. The molecule has 6 heteroatoms. The quantitative estimate of drug-likeness (QED) is 0.722. The minimum atomic E-state index is -3.46. The first-order valence-corrected chi connectivity index (χ1v) is 5.67. The average Bonchev–Trinajstić information content (AvgIpc) is 2.18. The van der Waals surface area contributed by atoms with Crippen LogP contribution in [0.15, 0.2) is 29.4 Å². The largest absolute Gasteiger partial charge is 0.329 e. The van der Waals surface area contributed by atoms with Gasteiger partial charge in [-0.2, -0.15) is 0 Å². The van der Waals surface area contributed by atoms with Crippen molar-refractivity contribution in [3.63, 3.8) is 0 Å². The standard InChI is InChI=1S/C8H13N3O2S/c1-7(5-9)11-14(12,13)8-3-2-4-10-6-8/h2-4,6-7,11H,5,9H2,1H3/t7-/m1/s1. The summed E-state index contributed by atoms with van der Waals surface area (Å²) < 4.78 is 25.6. The van der Waals surface area contributed by atoms with E-state index in [1.165, 1.54) is 18.5 Å². The Balaban J connectivity index is 2.87. The zero-order valence-corrected chi connectivity index (χ0v) is 8.66. The molecule has 0 radical (unpaired) electrons. The topological polar surface area (TPSA) is 85.1 Å². The summed E-state index contributed by atoms with van der Waals surface area (Å²) in [6, 6.07) is 2.78. The molecule has 1 aromatic heterocycles. The molecule has 0 aliphatic heterocycles. The van der Waals surface area contributed by atoms with Gasteiger partial charge in [0.2, 0.25) is 10.0 Å². The fourth-order valence-electron chi connectivity index (χ4n) is 0.887. The predicted octanol–water partition coefficient (Wildman–Crippen LogP) is -0.293. The summed E-state index contributed by atoms with van der Waals surface area (Å²) in [6.07, 6.45) is 2.82. The molecule has 3 N–H and O–H groups in total. The summed E-state index contributed by atoms with van der Waals surface area (Å²) in [5.74, 6) is 0. The Morgan fingerprint density at radius 3 is 2.86 bits per heavy atom. The van der Waals surface area contributed by atoms with E-state index in [1.807, 2.05) is 0 Å². The first kappa shape index (κ1) is 11.1. The molecule has 0 unspecified atom stereocenters. The summed E-state index contributed by atoms with van der Waals surface area (Å²) in [6.45, 7) is 1.97. The summed E-state index contributed by atoms with van der Waals surface area (Å²) in [5, 5.41) is 0. The van der Waals surface area contributed by atoms with E-state index in [4.69, 9.17) is 5.73 Å². The molecule has 0 aromatic carbocycles. The first-order valence-electron chi connectivity index (χ1n) is 4.18. The van der Waals surface area contributed by atoms with Crippen molar-refractivity contribution in [2.75, 3.05) is 6.54 Å². The van der Waals surface area contributed by atoms with E-state index in [9.17, 15) is 8.42 Å². The third-order valence-corrected chi connectivity index (χ3v) is 3.23. The molecule has 0 aliphatic rings. The van der Waals surface area contributed by atoms with Gasteiger partial charge in [0.25, 0.3) is 0 Å². The van der Waals surface area contributed by atoms with Crippen molar-refractivity contribution in [1.82, 2.24) is 9.71 Å². The van der Waals surface area contributed by atoms with Crippen LogP contribution in [0.25, 0.3) is 0 Å². The Kier molecular flexibility index (Phi) is 3.56. The molecule has 0 saturated heterocycles. The minimum Gasteiger partial charge on any atom is -0.329 e. The fourth-order valence-corrected chi connectivity index (χ4v) is 2.11. The lowest BCUT2D eigenvalue weighted by atomic mass is 10.4. The zero-order chi connectivity index (χ0) is 10.6. The van der Waals surface area contributed by atoms with E-state index >= 15 is 0 Å². The fraction of sp³-hybridized carbons (Fsp3) is 0.375. The van der Waals surface area contributed by atoms with Crippen LogP contribution in [0.2, 0.25) is 0 Å². The third kappa shape index (κ3) is 2.76. The van der Waals surface area contributed by atoms with Crippen molar-refractivity contribution in [2.45, 2.75) is 17.9 Å². The molecule has 0 aliphatic carbocycles. The Labute approximate surface area is 83.4 Å². The highest BCUT2D eigenvalue weighted by Gasteiger charge is 2.15. The van der Waals surface area contributed by atoms with Gasteiger partial charge in [0.15, 0.2) is 0 Å². The van der Waals surface area contributed by atoms with Crippen molar-refractivity contribution in [3.8, 4) is 0 Å².